The first kappa shape index (κ1) is 21.4. The van der Waals surface area contributed by atoms with Crippen LogP contribution in [0.1, 0.15) is 35.9 Å². The predicted octanol–water partition coefficient (Wildman–Crippen LogP) is 3.40. The van der Waals surface area contributed by atoms with Crippen LogP contribution in [0.4, 0.5) is 0 Å². The standard InChI is InChI=1S/C23H28N4O3/c1-4-26(5-2)20(17-10-9-13-19(14-17)30-3)15-24-23(29)22-21(28)16-27(25-22)18-11-7-6-8-12-18/h6-14,16,20,28H,4-5,15H2,1-3H3,(H,24,29). The van der Waals surface area contributed by atoms with Crippen molar-refractivity contribution in [2.45, 2.75) is 19.9 Å². The van der Waals surface area contributed by atoms with Crippen molar-refractivity contribution in [3.63, 3.8) is 0 Å². The number of carbonyl (C=O) groups is 1. The van der Waals surface area contributed by atoms with Gasteiger partial charge in [-0.1, -0.05) is 44.2 Å². The lowest BCUT2D eigenvalue weighted by Crippen LogP contribution is -2.38. The monoisotopic (exact) mass is 408 g/mol. The quantitative estimate of drug-likeness (QED) is 0.567. The van der Waals surface area contributed by atoms with Gasteiger partial charge >= 0.3 is 0 Å². The Hall–Kier alpha value is -3.32. The topological polar surface area (TPSA) is 79.6 Å². The third-order valence-corrected chi connectivity index (χ3v) is 5.12. The van der Waals surface area contributed by atoms with Gasteiger partial charge in [-0.05, 0) is 42.9 Å². The molecular weight excluding hydrogens is 380 g/mol. The predicted molar refractivity (Wildman–Crippen MR) is 116 cm³/mol. The molecule has 0 aliphatic rings. The van der Waals surface area contributed by atoms with E-state index >= 15 is 0 Å². The maximum atomic E-state index is 12.8. The Kier molecular flexibility index (Phi) is 7.08. The molecule has 0 aliphatic heterocycles. The van der Waals surface area contributed by atoms with E-state index in [-0.39, 0.29) is 17.5 Å². The van der Waals surface area contributed by atoms with Crippen molar-refractivity contribution in [1.29, 1.82) is 0 Å². The lowest BCUT2D eigenvalue weighted by molar-refractivity contribution is 0.0927. The largest absolute Gasteiger partial charge is 0.504 e. The van der Waals surface area contributed by atoms with Crippen LogP contribution in [0.15, 0.2) is 60.8 Å². The molecule has 7 heteroatoms. The highest BCUT2D eigenvalue weighted by Gasteiger charge is 2.22. The summed E-state index contributed by atoms with van der Waals surface area (Å²) in [5.41, 5.74) is 1.82. The minimum atomic E-state index is -0.415. The molecule has 0 aliphatic carbocycles. The van der Waals surface area contributed by atoms with Crippen molar-refractivity contribution in [1.82, 2.24) is 20.0 Å². The van der Waals surface area contributed by atoms with Gasteiger partial charge in [0.2, 0.25) is 0 Å². The van der Waals surface area contributed by atoms with Crippen molar-refractivity contribution in [3.8, 4) is 17.2 Å². The fourth-order valence-corrected chi connectivity index (χ4v) is 3.48. The maximum absolute atomic E-state index is 12.8. The summed E-state index contributed by atoms with van der Waals surface area (Å²) < 4.78 is 6.85. The molecule has 3 aromatic rings. The average Bonchev–Trinajstić information content (AvgIpc) is 3.18. The second-order valence-electron chi connectivity index (χ2n) is 6.87. The van der Waals surface area contributed by atoms with E-state index in [0.717, 1.165) is 30.1 Å². The zero-order chi connectivity index (χ0) is 21.5. The molecule has 0 spiro atoms. The molecule has 158 valence electrons. The van der Waals surface area contributed by atoms with Gasteiger partial charge in [-0.2, -0.15) is 5.10 Å². The molecule has 2 aromatic carbocycles. The number of aromatic hydroxyl groups is 1. The van der Waals surface area contributed by atoms with Crippen molar-refractivity contribution < 1.29 is 14.6 Å². The molecule has 1 unspecified atom stereocenters. The van der Waals surface area contributed by atoms with Gasteiger partial charge in [0.1, 0.15) is 5.75 Å². The summed E-state index contributed by atoms with van der Waals surface area (Å²) in [4.78, 5) is 15.0. The van der Waals surface area contributed by atoms with Gasteiger partial charge in [-0.15, -0.1) is 0 Å². The fraction of sp³-hybridized carbons (Fsp3) is 0.304. The van der Waals surface area contributed by atoms with Crippen LogP contribution in [0.3, 0.4) is 0 Å². The summed E-state index contributed by atoms with van der Waals surface area (Å²) in [6.07, 6.45) is 1.44. The van der Waals surface area contributed by atoms with E-state index in [9.17, 15) is 9.90 Å². The van der Waals surface area contributed by atoms with Crippen LogP contribution in [0.5, 0.6) is 11.5 Å². The molecule has 0 bridgehead atoms. The van der Waals surface area contributed by atoms with E-state index in [1.807, 2.05) is 54.6 Å². The molecular formula is C23H28N4O3. The molecule has 30 heavy (non-hydrogen) atoms. The SMILES string of the molecule is CCN(CC)C(CNC(=O)c1nn(-c2ccccc2)cc1O)c1cccc(OC)c1. The number of aromatic nitrogens is 2. The van der Waals surface area contributed by atoms with E-state index in [4.69, 9.17) is 4.74 Å². The Balaban J connectivity index is 1.78. The minimum absolute atomic E-state index is 0.00259. The third kappa shape index (κ3) is 4.80. The zero-order valence-corrected chi connectivity index (χ0v) is 17.6. The van der Waals surface area contributed by atoms with Crippen LogP contribution < -0.4 is 10.1 Å². The lowest BCUT2D eigenvalue weighted by Gasteiger charge is -2.30. The number of hydrogen-bond acceptors (Lipinski definition) is 5. The second-order valence-corrected chi connectivity index (χ2v) is 6.87. The number of methoxy groups -OCH3 is 1. The number of para-hydroxylation sites is 1. The Bertz CT molecular complexity index is 968. The Morgan fingerprint density at radius 3 is 2.57 bits per heavy atom. The smallest absolute Gasteiger partial charge is 0.275 e. The van der Waals surface area contributed by atoms with Gasteiger partial charge in [0, 0.05) is 6.54 Å². The molecule has 1 atom stereocenters. The van der Waals surface area contributed by atoms with E-state index < -0.39 is 5.91 Å². The van der Waals surface area contributed by atoms with E-state index in [1.54, 1.807) is 7.11 Å². The Labute approximate surface area is 176 Å². The number of carbonyl (C=O) groups excluding carboxylic acids is 1. The Morgan fingerprint density at radius 1 is 1.17 bits per heavy atom. The van der Waals surface area contributed by atoms with E-state index in [1.165, 1.54) is 10.9 Å². The molecule has 3 rings (SSSR count). The average molecular weight is 409 g/mol. The van der Waals surface area contributed by atoms with Crippen molar-refractivity contribution in [2.75, 3.05) is 26.7 Å². The fourth-order valence-electron chi connectivity index (χ4n) is 3.48. The van der Waals surface area contributed by atoms with Crippen LogP contribution in [0.2, 0.25) is 0 Å². The minimum Gasteiger partial charge on any atom is -0.504 e. The van der Waals surface area contributed by atoms with Crippen LogP contribution in [0.25, 0.3) is 5.69 Å². The van der Waals surface area contributed by atoms with E-state index in [0.29, 0.717) is 6.54 Å². The van der Waals surface area contributed by atoms with Crippen molar-refractivity contribution in [2.24, 2.45) is 0 Å². The van der Waals surface area contributed by atoms with Crippen molar-refractivity contribution in [3.05, 3.63) is 72.1 Å². The number of ether oxygens (including phenoxy) is 1. The Morgan fingerprint density at radius 2 is 1.90 bits per heavy atom. The highest BCUT2D eigenvalue weighted by molar-refractivity contribution is 5.94. The summed E-state index contributed by atoms with van der Waals surface area (Å²) in [6.45, 7) is 6.23. The van der Waals surface area contributed by atoms with Gasteiger partial charge in [-0.25, -0.2) is 4.68 Å². The highest BCUT2D eigenvalue weighted by atomic mass is 16.5. The number of benzene rings is 2. The molecule has 0 saturated carbocycles. The summed E-state index contributed by atoms with van der Waals surface area (Å²) in [6, 6.07) is 17.2. The highest BCUT2D eigenvalue weighted by Crippen LogP contribution is 2.24. The summed E-state index contributed by atoms with van der Waals surface area (Å²) in [5.74, 6) is 0.203. The van der Waals surface area contributed by atoms with E-state index in [2.05, 4.69) is 29.2 Å². The molecule has 0 fully saturated rings. The van der Waals surface area contributed by atoms with Crippen LogP contribution in [0, 0.1) is 0 Å². The first-order valence-corrected chi connectivity index (χ1v) is 10.1. The molecule has 0 radical (unpaired) electrons. The number of amides is 1. The van der Waals surface area contributed by atoms with Crippen LogP contribution in [-0.4, -0.2) is 52.4 Å². The molecule has 1 amide bonds. The molecule has 0 saturated heterocycles. The van der Waals surface area contributed by atoms with Crippen LogP contribution in [-0.2, 0) is 0 Å². The third-order valence-electron chi connectivity index (χ3n) is 5.12. The number of hydrogen-bond donors (Lipinski definition) is 2. The van der Waals surface area contributed by atoms with Crippen molar-refractivity contribution >= 4 is 5.91 Å². The zero-order valence-electron chi connectivity index (χ0n) is 17.6. The maximum Gasteiger partial charge on any atom is 0.275 e. The van der Waals surface area contributed by atoms with Gasteiger partial charge in [-0.3, -0.25) is 9.69 Å². The summed E-state index contributed by atoms with van der Waals surface area (Å²) >= 11 is 0. The second kappa shape index (κ2) is 9.93. The number of nitrogens with one attached hydrogen (secondary N) is 1. The lowest BCUT2D eigenvalue weighted by atomic mass is 10.0. The summed E-state index contributed by atoms with van der Waals surface area (Å²) in [7, 11) is 1.64. The van der Waals surface area contributed by atoms with Gasteiger partial charge in [0.15, 0.2) is 11.4 Å². The molecule has 1 aromatic heterocycles. The number of likely N-dealkylation sites (N-methyl/N-ethyl adjacent to an activating group) is 1. The van der Waals surface area contributed by atoms with Crippen LogP contribution >= 0.6 is 0 Å². The normalized spacial score (nSPS) is 12.0. The molecule has 1 heterocycles. The number of nitrogens with zero attached hydrogens (tertiary/aromatic N) is 3. The first-order chi connectivity index (χ1) is 14.6. The van der Waals surface area contributed by atoms with Gasteiger partial charge in [0.25, 0.3) is 5.91 Å². The summed E-state index contributed by atoms with van der Waals surface area (Å²) in [5, 5.41) is 17.4. The number of rotatable bonds is 9. The molecule has 2 N–H and O–H groups in total. The van der Waals surface area contributed by atoms with Gasteiger partial charge in [0.05, 0.1) is 25.0 Å². The first-order valence-electron chi connectivity index (χ1n) is 10.1. The molecule has 7 nitrogen and oxygen atoms in total. The van der Waals surface area contributed by atoms with Gasteiger partial charge < -0.3 is 15.2 Å².